The van der Waals surface area contributed by atoms with Crippen LogP contribution in [0.3, 0.4) is 0 Å². The molecule has 0 spiro atoms. The summed E-state index contributed by atoms with van der Waals surface area (Å²) >= 11 is 0. The highest BCUT2D eigenvalue weighted by Crippen LogP contribution is 2.18. The minimum absolute atomic E-state index is 0.107. The predicted octanol–water partition coefficient (Wildman–Crippen LogP) is 1.46. The third-order valence-electron chi connectivity index (χ3n) is 3.77. The second kappa shape index (κ2) is 8.98. The maximum Gasteiger partial charge on any atom is 0.408 e. The summed E-state index contributed by atoms with van der Waals surface area (Å²) in [7, 11) is 1.30. The van der Waals surface area contributed by atoms with Crippen LogP contribution < -0.4 is 5.32 Å². The molecule has 0 saturated carbocycles. The van der Waals surface area contributed by atoms with E-state index in [-0.39, 0.29) is 25.7 Å². The number of carbonyl (C=O) groups is 2. The Balaban J connectivity index is 2.10. The maximum absolute atomic E-state index is 12.2. The highest BCUT2D eigenvalue weighted by molar-refractivity contribution is 5.94. The summed E-state index contributed by atoms with van der Waals surface area (Å²) in [5.74, 6) is 0.132. The van der Waals surface area contributed by atoms with Gasteiger partial charge in [-0.05, 0) is 41.5 Å². The number of carbonyl (C=O) groups excluding carboxylic acids is 2. The van der Waals surface area contributed by atoms with Crippen LogP contribution in [0.5, 0.6) is 0 Å². The molecule has 10 nitrogen and oxygen atoms in total. The number of alkyl carbamates (subject to hydrolysis) is 1. The normalized spacial score (nSPS) is 22.7. The van der Waals surface area contributed by atoms with Crippen molar-refractivity contribution in [3.63, 3.8) is 0 Å². The zero-order valence-electron chi connectivity index (χ0n) is 18.1. The fourth-order valence-electron chi connectivity index (χ4n) is 2.50. The minimum Gasteiger partial charge on any atom is -0.477 e. The summed E-state index contributed by atoms with van der Waals surface area (Å²) < 4.78 is 27.0. The molecule has 2 aliphatic rings. The van der Waals surface area contributed by atoms with Gasteiger partial charge in [0.05, 0.1) is 19.3 Å². The topological polar surface area (TPSA) is 117 Å². The fraction of sp³-hybridized carbons (Fsp3) is 0.789. The first-order valence-electron chi connectivity index (χ1n) is 9.50. The zero-order chi connectivity index (χ0) is 21.8. The standard InChI is InChI=1S/C19H31N3O7/c1-18(2,3)28-10-12(22-17(24)29-19(4,5)6)15-20-11(8-26-15)14-21-13(9-27-14)16(23)25-7/h11-13H,8-10H2,1-7H3,(H,22,24). The van der Waals surface area contributed by atoms with Crippen molar-refractivity contribution in [1.29, 1.82) is 0 Å². The van der Waals surface area contributed by atoms with Gasteiger partial charge in [0.15, 0.2) is 12.1 Å². The molecule has 0 aliphatic carbocycles. The number of rotatable bonds is 6. The van der Waals surface area contributed by atoms with E-state index in [1.54, 1.807) is 20.8 Å². The van der Waals surface area contributed by atoms with Gasteiger partial charge in [0.25, 0.3) is 0 Å². The minimum atomic E-state index is -0.700. The first kappa shape index (κ1) is 22.9. The Morgan fingerprint density at radius 1 is 1.10 bits per heavy atom. The molecular formula is C19H31N3O7. The van der Waals surface area contributed by atoms with Gasteiger partial charge < -0.3 is 29.0 Å². The van der Waals surface area contributed by atoms with Crippen LogP contribution in [0.2, 0.25) is 0 Å². The third-order valence-corrected chi connectivity index (χ3v) is 3.77. The molecule has 1 amide bonds. The summed E-state index contributed by atoms with van der Waals surface area (Å²) in [6.07, 6.45) is -0.602. The van der Waals surface area contributed by atoms with E-state index in [0.717, 1.165) is 0 Å². The predicted molar refractivity (Wildman–Crippen MR) is 105 cm³/mol. The summed E-state index contributed by atoms with van der Waals surface area (Å²) in [4.78, 5) is 32.5. The van der Waals surface area contributed by atoms with Crippen LogP contribution in [-0.4, -0.2) is 80.1 Å². The highest BCUT2D eigenvalue weighted by atomic mass is 16.6. The Morgan fingerprint density at radius 2 is 1.79 bits per heavy atom. The van der Waals surface area contributed by atoms with Gasteiger partial charge in [0.1, 0.15) is 24.9 Å². The molecule has 10 heteroatoms. The fourth-order valence-corrected chi connectivity index (χ4v) is 2.50. The van der Waals surface area contributed by atoms with Gasteiger partial charge in [0, 0.05) is 0 Å². The number of methoxy groups -OCH3 is 1. The number of nitrogens with zero attached hydrogens (tertiary/aromatic N) is 2. The van der Waals surface area contributed by atoms with Crippen molar-refractivity contribution >= 4 is 23.9 Å². The van der Waals surface area contributed by atoms with Crippen molar-refractivity contribution in [3.05, 3.63) is 0 Å². The Hall–Kier alpha value is -2.36. The molecule has 0 aromatic rings. The molecule has 3 unspecified atom stereocenters. The van der Waals surface area contributed by atoms with Crippen molar-refractivity contribution < 1.29 is 33.3 Å². The molecule has 2 rings (SSSR count). The van der Waals surface area contributed by atoms with Crippen molar-refractivity contribution in [2.75, 3.05) is 26.9 Å². The lowest BCUT2D eigenvalue weighted by molar-refractivity contribution is -0.142. The number of esters is 1. The molecular weight excluding hydrogens is 382 g/mol. The number of aliphatic imine (C=N–C) groups is 2. The van der Waals surface area contributed by atoms with E-state index < -0.39 is 41.4 Å². The van der Waals surface area contributed by atoms with Crippen LogP contribution >= 0.6 is 0 Å². The van der Waals surface area contributed by atoms with E-state index in [4.69, 9.17) is 18.9 Å². The average molecular weight is 413 g/mol. The summed E-state index contributed by atoms with van der Waals surface area (Å²) in [5.41, 5.74) is -1.06. The van der Waals surface area contributed by atoms with Gasteiger partial charge in [-0.2, -0.15) is 0 Å². The molecule has 0 radical (unpaired) electrons. The van der Waals surface area contributed by atoms with E-state index in [0.29, 0.717) is 5.90 Å². The number of nitrogens with one attached hydrogen (secondary N) is 1. The molecule has 29 heavy (non-hydrogen) atoms. The van der Waals surface area contributed by atoms with Crippen LogP contribution in [0.15, 0.2) is 9.98 Å². The van der Waals surface area contributed by atoms with Gasteiger partial charge in [-0.1, -0.05) is 0 Å². The van der Waals surface area contributed by atoms with Crippen LogP contribution in [0.25, 0.3) is 0 Å². The van der Waals surface area contributed by atoms with Gasteiger partial charge in [0.2, 0.25) is 11.8 Å². The Bertz CT molecular complexity index is 676. The molecule has 2 heterocycles. The molecule has 0 saturated heterocycles. The van der Waals surface area contributed by atoms with Crippen LogP contribution in [0.4, 0.5) is 4.79 Å². The summed E-state index contributed by atoms with van der Waals surface area (Å²) in [5, 5.41) is 2.74. The lowest BCUT2D eigenvalue weighted by Gasteiger charge is -2.26. The van der Waals surface area contributed by atoms with E-state index in [9.17, 15) is 9.59 Å². The molecule has 2 aliphatic heterocycles. The van der Waals surface area contributed by atoms with Crippen molar-refractivity contribution in [1.82, 2.24) is 5.32 Å². The molecule has 1 N–H and O–H groups in total. The third kappa shape index (κ3) is 7.19. The second-order valence-corrected chi connectivity index (χ2v) is 8.73. The van der Waals surface area contributed by atoms with Crippen molar-refractivity contribution in [2.24, 2.45) is 9.98 Å². The van der Waals surface area contributed by atoms with Crippen LogP contribution in [-0.2, 0) is 28.5 Å². The largest absolute Gasteiger partial charge is 0.477 e. The van der Waals surface area contributed by atoms with Crippen LogP contribution in [0.1, 0.15) is 41.5 Å². The molecule has 0 fully saturated rings. The Labute approximate surface area is 171 Å². The van der Waals surface area contributed by atoms with Crippen LogP contribution in [0, 0.1) is 0 Å². The number of hydrogen-bond acceptors (Lipinski definition) is 9. The van der Waals surface area contributed by atoms with Gasteiger partial charge in [-0.3, -0.25) is 0 Å². The first-order valence-corrected chi connectivity index (χ1v) is 9.50. The quantitative estimate of drug-likeness (QED) is 0.655. The van der Waals surface area contributed by atoms with E-state index >= 15 is 0 Å². The maximum atomic E-state index is 12.2. The number of amides is 1. The molecule has 0 aromatic heterocycles. The zero-order valence-corrected chi connectivity index (χ0v) is 18.1. The SMILES string of the molecule is COC(=O)C1COC(C2COC(C(COC(C)(C)C)NC(=O)OC(C)(C)C)=N2)=N1. The summed E-state index contributed by atoms with van der Waals surface area (Å²) in [6.45, 7) is 11.5. The van der Waals surface area contributed by atoms with Crippen molar-refractivity contribution in [2.45, 2.75) is 70.9 Å². The summed E-state index contributed by atoms with van der Waals surface area (Å²) in [6, 6.07) is -1.85. The van der Waals surface area contributed by atoms with Gasteiger partial charge in [-0.15, -0.1) is 0 Å². The van der Waals surface area contributed by atoms with Gasteiger partial charge in [-0.25, -0.2) is 19.6 Å². The highest BCUT2D eigenvalue weighted by Gasteiger charge is 2.36. The molecule has 164 valence electrons. The lowest BCUT2D eigenvalue weighted by atomic mass is 10.2. The number of hydrogen-bond donors (Lipinski definition) is 1. The Morgan fingerprint density at radius 3 is 2.38 bits per heavy atom. The average Bonchev–Trinajstić information content (AvgIpc) is 3.24. The Kier molecular flexibility index (Phi) is 7.10. The number of ether oxygens (including phenoxy) is 5. The molecule has 0 bridgehead atoms. The first-order chi connectivity index (χ1) is 13.4. The second-order valence-electron chi connectivity index (χ2n) is 8.73. The van der Waals surface area contributed by atoms with E-state index in [1.807, 2.05) is 20.8 Å². The van der Waals surface area contributed by atoms with Gasteiger partial charge >= 0.3 is 12.1 Å². The van der Waals surface area contributed by atoms with E-state index in [2.05, 4.69) is 20.0 Å². The smallest absolute Gasteiger partial charge is 0.408 e. The lowest BCUT2D eigenvalue weighted by Crippen LogP contribution is -2.47. The van der Waals surface area contributed by atoms with Crippen molar-refractivity contribution in [3.8, 4) is 0 Å². The monoisotopic (exact) mass is 413 g/mol. The molecule has 3 atom stereocenters. The molecule has 0 aromatic carbocycles. The van der Waals surface area contributed by atoms with E-state index in [1.165, 1.54) is 7.11 Å².